The van der Waals surface area contributed by atoms with Crippen molar-refractivity contribution in [1.82, 2.24) is 19.5 Å². The van der Waals surface area contributed by atoms with E-state index in [1.165, 1.54) is 5.56 Å². The van der Waals surface area contributed by atoms with Crippen LogP contribution >= 0.6 is 0 Å². The second-order valence-corrected chi connectivity index (χ2v) is 7.00. The second kappa shape index (κ2) is 6.28. The SMILES string of the molecule is Cc1cccc(-c2nc3nc4ccccc4nc3n2CCC(C)C)c1. The van der Waals surface area contributed by atoms with Crippen LogP contribution < -0.4 is 0 Å². The zero-order valence-electron chi connectivity index (χ0n) is 14.9. The summed E-state index contributed by atoms with van der Waals surface area (Å²) < 4.78 is 2.23. The highest BCUT2D eigenvalue weighted by molar-refractivity contribution is 5.84. The minimum atomic E-state index is 0.622. The highest BCUT2D eigenvalue weighted by Crippen LogP contribution is 2.26. The molecule has 4 nitrogen and oxygen atoms in total. The van der Waals surface area contributed by atoms with E-state index < -0.39 is 0 Å². The van der Waals surface area contributed by atoms with E-state index >= 15 is 0 Å². The fraction of sp³-hybridized carbons (Fsp3) is 0.286. The summed E-state index contributed by atoms with van der Waals surface area (Å²) in [4.78, 5) is 14.4. The first-order valence-corrected chi connectivity index (χ1v) is 8.82. The number of rotatable bonds is 4. The van der Waals surface area contributed by atoms with Gasteiger partial charge in [-0.25, -0.2) is 15.0 Å². The second-order valence-electron chi connectivity index (χ2n) is 7.00. The average molecular weight is 330 g/mol. The van der Waals surface area contributed by atoms with Gasteiger partial charge in [0, 0.05) is 12.1 Å². The van der Waals surface area contributed by atoms with E-state index in [1.807, 2.05) is 24.3 Å². The van der Waals surface area contributed by atoms with Crippen LogP contribution in [0.25, 0.3) is 33.7 Å². The molecule has 0 saturated carbocycles. The summed E-state index contributed by atoms with van der Waals surface area (Å²) in [6, 6.07) is 16.4. The average Bonchev–Trinajstić information content (AvgIpc) is 2.95. The Bertz CT molecular complexity index is 1050. The number of nitrogens with zero attached hydrogens (tertiary/aromatic N) is 4. The minimum absolute atomic E-state index is 0.622. The van der Waals surface area contributed by atoms with Crippen LogP contribution in [0.2, 0.25) is 0 Å². The molecule has 0 unspecified atom stereocenters. The molecular formula is C21H22N4. The van der Waals surface area contributed by atoms with Crippen LogP contribution in [-0.4, -0.2) is 19.5 Å². The molecule has 0 amide bonds. The Morgan fingerprint density at radius 1 is 0.920 bits per heavy atom. The van der Waals surface area contributed by atoms with E-state index in [0.29, 0.717) is 5.92 Å². The van der Waals surface area contributed by atoms with Crippen molar-refractivity contribution in [3.05, 3.63) is 54.1 Å². The predicted molar refractivity (Wildman–Crippen MR) is 102 cm³/mol. The van der Waals surface area contributed by atoms with Crippen molar-refractivity contribution in [3.8, 4) is 11.4 Å². The van der Waals surface area contributed by atoms with E-state index in [9.17, 15) is 0 Å². The Morgan fingerprint density at radius 3 is 2.40 bits per heavy atom. The summed E-state index contributed by atoms with van der Waals surface area (Å²) in [7, 11) is 0. The molecule has 0 saturated heterocycles. The van der Waals surface area contributed by atoms with Crippen LogP contribution in [-0.2, 0) is 6.54 Å². The van der Waals surface area contributed by atoms with Gasteiger partial charge in [-0.15, -0.1) is 0 Å². The van der Waals surface area contributed by atoms with Crippen molar-refractivity contribution < 1.29 is 0 Å². The predicted octanol–water partition coefficient (Wildman–Crippen LogP) is 5.00. The molecule has 0 aliphatic carbocycles. The van der Waals surface area contributed by atoms with E-state index in [1.54, 1.807) is 0 Å². The van der Waals surface area contributed by atoms with E-state index in [2.05, 4.69) is 49.6 Å². The highest BCUT2D eigenvalue weighted by Gasteiger charge is 2.16. The third-order valence-corrected chi connectivity index (χ3v) is 4.46. The Balaban J connectivity index is 1.96. The molecule has 0 fully saturated rings. The molecule has 0 N–H and O–H groups in total. The zero-order valence-corrected chi connectivity index (χ0v) is 14.9. The van der Waals surface area contributed by atoms with Gasteiger partial charge in [-0.2, -0.15) is 0 Å². The van der Waals surface area contributed by atoms with Crippen LogP contribution in [0.3, 0.4) is 0 Å². The molecule has 2 heterocycles. The number of imidazole rings is 1. The van der Waals surface area contributed by atoms with Crippen molar-refractivity contribution >= 4 is 22.3 Å². The fourth-order valence-corrected chi connectivity index (χ4v) is 3.10. The van der Waals surface area contributed by atoms with Gasteiger partial charge in [-0.05, 0) is 37.5 Å². The maximum atomic E-state index is 4.86. The number of aryl methyl sites for hydroxylation is 2. The molecule has 25 heavy (non-hydrogen) atoms. The molecule has 0 spiro atoms. The van der Waals surface area contributed by atoms with Crippen molar-refractivity contribution in [2.75, 3.05) is 0 Å². The largest absolute Gasteiger partial charge is 0.307 e. The van der Waals surface area contributed by atoms with Crippen molar-refractivity contribution in [1.29, 1.82) is 0 Å². The van der Waals surface area contributed by atoms with Gasteiger partial charge in [0.1, 0.15) is 5.82 Å². The number of para-hydroxylation sites is 2. The van der Waals surface area contributed by atoms with E-state index in [-0.39, 0.29) is 0 Å². The molecule has 0 aliphatic rings. The highest BCUT2D eigenvalue weighted by atomic mass is 15.2. The lowest BCUT2D eigenvalue weighted by Crippen LogP contribution is -2.05. The summed E-state index contributed by atoms with van der Waals surface area (Å²) in [5.74, 6) is 1.57. The minimum Gasteiger partial charge on any atom is -0.307 e. The molecule has 2 aromatic heterocycles. The molecule has 0 aliphatic heterocycles. The van der Waals surface area contributed by atoms with Crippen LogP contribution in [0, 0.1) is 12.8 Å². The number of hydrogen-bond acceptors (Lipinski definition) is 3. The van der Waals surface area contributed by atoms with Crippen molar-refractivity contribution in [3.63, 3.8) is 0 Å². The first-order valence-electron chi connectivity index (χ1n) is 8.82. The lowest BCUT2D eigenvalue weighted by atomic mass is 10.1. The van der Waals surface area contributed by atoms with Gasteiger partial charge in [0.25, 0.3) is 0 Å². The van der Waals surface area contributed by atoms with Gasteiger partial charge in [-0.1, -0.05) is 49.7 Å². The lowest BCUT2D eigenvalue weighted by molar-refractivity contribution is 0.524. The quantitative estimate of drug-likeness (QED) is 0.529. The summed E-state index contributed by atoms with van der Waals surface area (Å²) in [6.45, 7) is 7.49. The third-order valence-electron chi connectivity index (χ3n) is 4.46. The molecule has 0 atom stereocenters. The first-order chi connectivity index (χ1) is 12.1. The molecule has 4 aromatic rings. The molecule has 126 valence electrons. The third kappa shape index (κ3) is 3.00. The van der Waals surface area contributed by atoms with Crippen molar-refractivity contribution in [2.24, 2.45) is 5.92 Å². The number of aromatic nitrogens is 4. The fourth-order valence-electron chi connectivity index (χ4n) is 3.10. The Morgan fingerprint density at radius 2 is 1.68 bits per heavy atom. The molecule has 0 bridgehead atoms. The van der Waals surface area contributed by atoms with Crippen LogP contribution in [0.15, 0.2) is 48.5 Å². The monoisotopic (exact) mass is 330 g/mol. The molecule has 0 radical (unpaired) electrons. The van der Waals surface area contributed by atoms with Crippen LogP contribution in [0.5, 0.6) is 0 Å². The van der Waals surface area contributed by atoms with Gasteiger partial charge in [0.15, 0.2) is 11.3 Å². The van der Waals surface area contributed by atoms with Gasteiger partial charge < -0.3 is 4.57 Å². The molecule has 4 rings (SSSR count). The first kappa shape index (κ1) is 15.8. The molecule has 4 heteroatoms. The van der Waals surface area contributed by atoms with Crippen LogP contribution in [0.4, 0.5) is 0 Å². The number of hydrogen-bond donors (Lipinski definition) is 0. The lowest BCUT2D eigenvalue weighted by Gasteiger charge is -2.11. The standard InChI is InChI=1S/C21H22N4/c1-14(2)11-12-25-20(16-8-6-7-15(3)13-16)24-19-21(25)23-18-10-5-4-9-17(18)22-19/h4-10,13-14H,11-12H2,1-3H3. The Kier molecular flexibility index (Phi) is 3.96. The van der Waals surface area contributed by atoms with Gasteiger partial charge in [0.05, 0.1) is 11.0 Å². The van der Waals surface area contributed by atoms with E-state index in [4.69, 9.17) is 15.0 Å². The normalized spacial score (nSPS) is 11.7. The number of benzene rings is 2. The molecule has 2 aromatic carbocycles. The topological polar surface area (TPSA) is 43.6 Å². The Labute approximate surface area is 147 Å². The van der Waals surface area contributed by atoms with Crippen molar-refractivity contribution in [2.45, 2.75) is 33.7 Å². The van der Waals surface area contributed by atoms with Gasteiger partial charge in [-0.3, -0.25) is 0 Å². The summed E-state index contributed by atoms with van der Waals surface area (Å²) in [5, 5.41) is 0. The zero-order chi connectivity index (χ0) is 17.4. The number of fused-ring (bicyclic) bond motifs is 2. The summed E-state index contributed by atoms with van der Waals surface area (Å²) in [5.41, 5.74) is 5.74. The van der Waals surface area contributed by atoms with Crippen LogP contribution in [0.1, 0.15) is 25.8 Å². The Hall–Kier alpha value is -2.75. The maximum Gasteiger partial charge on any atom is 0.198 e. The van der Waals surface area contributed by atoms with Gasteiger partial charge >= 0.3 is 0 Å². The van der Waals surface area contributed by atoms with Gasteiger partial charge in [0.2, 0.25) is 0 Å². The maximum absolute atomic E-state index is 4.86. The summed E-state index contributed by atoms with van der Waals surface area (Å²) in [6.07, 6.45) is 1.08. The van der Waals surface area contributed by atoms with E-state index in [0.717, 1.165) is 46.7 Å². The summed E-state index contributed by atoms with van der Waals surface area (Å²) >= 11 is 0. The smallest absolute Gasteiger partial charge is 0.198 e. The molecular weight excluding hydrogens is 308 g/mol.